The van der Waals surface area contributed by atoms with Gasteiger partial charge in [0.2, 0.25) is 5.91 Å². The van der Waals surface area contributed by atoms with Gasteiger partial charge in [0.25, 0.3) is 0 Å². The first kappa shape index (κ1) is 11.2. The normalized spacial score (nSPS) is 29.4. The lowest BCUT2D eigenvalue weighted by molar-refractivity contribution is -0.150. The lowest BCUT2D eigenvalue weighted by Gasteiger charge is -2.28. The van der Waals surface area contributed by atoms with Gasteiger partial charge < -0.3 is 10.0 Å². The van der Waals surface area contributed by atoms with Gasteiger partial charge in [-0.1, -0.05) is 12.2 Å². The second-order valence-corrected chi connectivity index (χ2v) is 4.53. The molecule has 4 heteroatoms. The summed E-state index contributed by atoms with van der Waals surface area (Å²) < 4.78 is 0. The third-order valence-corrected chi connectivity index (χ3v) is 3.48. The number of likely N-dealkylation sites (tertiary alicyclic amines) is 1. The molecule has 88 valence electrons. The third-order valence-electron chi connectivity index (χ3n) is 3.48. The first-order chi connectivity index (χ1) is 7.70. The summed E-state index contributed by atoms with van der Waals surface area (Å²) in [5.74, 6) is -1.69. The fourth-order valence-corrected chi connectivity index (χ4v) is 2.53. The van der Waals surface area contributed by atoms with E-state index < -0.39 is 11.9 Å². The number of amides is 1. The van der Waals surface area contributed by atoms with Crippen molar-refractivity contribution in [3.8, 4) is 0 Å². The Morgan fingerprint density at radius 1 is 1.06 bits per heavy atom. The zero-order valence-corrected chi connectivity index (χ0v) is 9.26. The summed E-state index contributed by atoms with van der Waals surface area (Å²) >= 11 is 0. The summed E-state index contributed by atoms with van der Waals surface area (Å²) in [6.07, 6.45) is 6.95. The van der Waals surface area contributed by atoms with E-state index in [9.17, 15) is 9.59 Å². The first-order valence-corrected chi connectivity index (χ1v) is 5.86. The molecule has 2 aliphatic rings. The maximum Gasteiger partial charge on any atom is 0.307 e. The molecule has 0 aromatic carbocycles. The maximum absolute atomic E-state index is 12.1. The SMILES string of the molecule is O=C(O)[C@H]1CC=CC[C@H]1C(=O)N1CCCC1. The Bertz CT molecular complexity index is 318. The molecule has 2 rings (SSSR count). The van der Waals surface area contributed by atoms with Gasteiger partial charge in [0.1, 0.15) is 0 Å². The zero-order valence-electron chi connectivity index (χ0n) is 9.26. The predicted octanol–water partition coefficient (Wildman–Crippen LogP) is 1.28. The monoisotopic (exact) mass is 223 g/mol. The van der Waals surface area contributed by atoms with Crippen molar-refractivity contribution >= 4 is 11.9 Å². The van der Waals surface area contributed by atoms with E-state index in [1.807, 2.05) is 17.1 Å². The average molecular weight is 223 g/mol. The molecule has 1 aliphatic carbocycles. The highest BCUT2D eigenvalue weighted by molar-refractivity contribution is 5.85. The summed E-state index contributed by atoms with van der Waals surface area (Å²) in [5.41, 5.74) is 0. The smallest absolute Gasteiger partial charge is 0.307 e. The van der Waals surface area contributed by atoms with Gasteiger partial charge >= 0.3 is 5.97 Å². The minimum Gasteiger partial charge on any atom is -0.481 e. The molecule has 0 bridgehead atoms. The number of carbonyl (C=O) groups excluding carboxylic acids is 1. The number of allylic oxidation sites excluding steroid dienone is 2. The highest BCUT2D eigenvalue weighted by Gasteiger charge is 2.36. The molecule has 0 unspecified atom stereocenters. The Morgan fingerprint density at radius 3 is 2.19 bits per heavy atom. The van der Waals surface area contributed by atoms with Gasteiger partial charge in [0.15, 0.2) is 0 Å². The van der Waals surface area contributed by atoms with E-state index in [0.29, 0.717) is 12.8 Å². The standard InChI is InChI=1S/C12H17NO3/c14-11(13-7-3-4-8-13)9-5-1-2-6-10(9)12(15)16/h1-2,9-10H,3-8H2,(H,15,16)/t9-,10+/m1/s1. The second kappa shape index (κ2) is 4.68. The summed E-state index contributed by atoms with van der Waals surface area (Å²) in [4.78, 5) is 25.0. The molecule has 16 heavy (non-hydrogen) atoms. The maximum atomic E-state index is 12.1. The van der Waals surface area contributed by atoms with Crippen molar-refractivity contribution in [2.45, 2.75) is 25.7 Å². The number of nitrogens with zero attached hydrogens (tertiary/aromatic N) is 1. The fourth-order valence-electron chi connectivity index (χ4n) is 2.53. The minimum absolute atomic E-state index is 0.0363. The molecule has 0 saturated carbocycles. The molecule has 0 aromatic rings. The Morgan fingerprint density at radius 2 is 1.62 bits per heavy atom. The molecule has 0 spiro atoms. The van der Waals surface area contributed by atoms with Gasteiger partial charge in [-0.2, -0.15) is 0 Å². The van der Waals surface area contributed by atoms with Crippen molar-refractivity contribution < 1.29 is 14.7 Å². The van der Waals surface area contributed by atoms with Crippen LogP contribution in [0.2, 0.25) is 0 Å². The topological polar surface area (TPSA) is 57.6 Å². The quantitative estimate of drug-likeness (QED) is 0.717. The molecule has 1 amide bonds. The van der Waals surface area contributed by atoms with Gasteiger partial charge in [-0.3, -0.25) is 9.59 Å². The van der Waals surface area contributed by atoms with Crippen LogP contribution in [-0.4, -0.2) is 35.0 Å². The average Bonchev–Trinajstić information content (AvgIpc) is 2.81. The van der Waals surface area contributed by atoms with Gasteiger partial charge in [-0.05, 0) is 25.7 Å². The fraction of sp³-hybridized carbons (Fsp3) is 0.667. The van der Waals surface area contributed by atoms with Crippen LogP contribution in [0, 0.1) is 11.8 Å². The Labute approximate surface area is 94.9 Å². The third kappa shape index (κ3) is 2.10. The molecule has 1 fully saturated rings. The molecule has 4 nitrogen and oxygen atoms in total. The summed E-state index contributed by atoms with van der Waals surface area (Å²) in [7, 11) is 0. The summed E-state index contributed by atoms with van der Waals surface area (Å²) in [6.45, 7) is 1.59. The van der Waals surface area contributed by atoms with Crippen LogP contribution < -0.4 is 0 Å². The number of carbonyl (C=O) groups is 2. The number of hydrogen-bond donors (Lipinski definition) is 1. The van der Waals surface area contributed by atoms with Gasteiger partial charge in [-0.15, -0.1) is 0 Å². The highest BCUT2D eigenvalue weighted by Crippen LogP contribution is 2.28. The number of carboxylic acids is 1. The van der Waals surface area contributed by atoms with Crippen LogP contribution in [0.1, 0.15) is 25.7 Å². The van der Waals surface area contributed by atoms with E-state index in [-0.39, 0.29) is 11.8 Å². The number of hydrogen-bond acceptors (Lipinski definition) is 2. The van der Waals surface area contributed by atoms with E-state index in [1.165, 1.54) is 0 Å². The van der Waals surface area contributed by atoms with Crippen LogP contribution in [0.3, 0.4) is 0 Å². The van der Waals surface area contributed by atoms with Crippen molar-refractivity contribution in [2.75, 3.05) is 13.1 Å². The van der Waals surface area contributed by atoms with Crippen molar-refractivity contribution in [3.05, 3.63) is 12.2 Å². The number of aliphatic carboxylic acids is 1. The molecular weight excluding hydrogens is 206 g/mol. The number of carboxylic acid groups (broad SMARTS) is 1. The van der Waals surface area contributed by atoms with Crippen molar-refractivity contribution in [1.29, 1.82) is 0 Å². The van der Waals surface area contributed by atoms with Crippen molar-refractivity contribution in [2.24, 2.45) is 11.8 Å². The van der Waals surface area contributed by atoms with Crippen LogP contribution in [0.25, 0.3) is 0 Å². The van der Waals surface area contributed by atoms with Crippen LogP contribution >= 0.6 is 0 Å². The molecule has 0 aromatic heterocycles. The van der Waals surface area contributed by atoms with Crippen LogP contribution in [0.5, 0.6) is 0 Å². The zero-order chi connectivity index (χ0) is 11.5. The molecule has 1 N–H and O–H groups in total. The van der Waals surface area contributed by atoms with Crippen LogP contribution in [-0.2, 0) is 9.59 Å². The Hall–Kier alpha value is -1.32. The van der Waals surface area contributed by atoms with Crippen molar-refractivity contribution in [1.82, 2.24) is 4.90 Å². The minimum atomic E-state index is -0.845. The van der Waals surface area contributed by atoms with E-state index in [4.69, 9.17) is 5.11 Å². The second-order valence-electron chi connectivity index (χ2n) is 4.53. The first-order valence-electron chi connectivity index (χ1n) is 5.86. The van der Waals surface area contributed by atoms with E-state index >= 15 is 0 Å². The predicted molar refractivity (Wildman–Crippen MR) is 58.8 cm³/mol. The van der Waals surface area contributed by atoms with E-state index in [2.05, 4.69) is 0 Å². The lowest BCUT2D eigenvalue weighted by atomic mass is 9.82. The molecular formula is C12H17NO3. The molecule has 0 radical (unpaired) electrons. The van der Waals surface area contributed by atoms with E-state index in [0.717, 1.165) is 25.9 Å². The van der Waals surface area contributed by atoms with E-state index in [1.54, 1.807) is 0 Å². The summed E-state index contributed by atoms with van der Waals surface area (Å²) in [5, 5.41) is 9.10. The number of rotatable bonds is 2. The van der Waals surface area contributed by atoms with Gasteiger partial charge in [0.05, 0.1) is 11.8 Å². The Kier molecular flexibility index (Phi) is 3.27. The molecule has 1 aliphatic heterocycles. The molecule has 2 atom stereocenters. The largest absolute Gasteiger partial charge is 0.481 e. The molecule has 1 saturated heterocycles. The Balaban J connectivity index is 2.08. The highest BCUT2D eigenvalue weighted by atomic mass is 16.4. The van der Waals surface area contributed by atoms with Gasteiger partial charge in [-0.25, -0.2) is 0 Å². The summed E-state index contributed by atoms with van der Waals surface area (Å²) in [6, 6.07) is 0. The van der Waals surface area contributed by atoms with Crippen LogP contribution in [0.4, 0.5) is 0 Å². The lowest BCUT2D eigenvalue weighted by Crippen LogP contribution is -2.40. The van der Waals surface area contributed by atoms with Crippen LogP contribution in [0.15, 0.2) is 12.2 Å². The van der Waals surface area contributed by atoms with Crippen molar-refractivity contribution in [3.63, 3.8) is 0 Å². The molecule has 1 heterocycles. The van der Waals surface area contributed by atoms with Gasteiger partial charge in [0, 0.05) is 13.1 Å².